The molecule has 0 saturated carbocycles. The van der Waals surface area contributed by atoms with Crippen LogP contribution in [-0.4, -0.2) is 0 Å². The number of thiol groups is 1. The molecular formula is C14H15NS. The first-order valence-corrected chi connectivity index (χ1v) is 5.82. The van der Waals surface area contributed by atoms with E-state index >= 15 is 0 Å². The van der Waals surface area contributed by atoms with Crippen molar-refractivity contribution in [3.05, 3.63) is 65.7 Å². The summed E-state index contributed by atoms with van der Waals surface area (Å²) in [6.45, 7) is 1.75. The SMILES string of the molecule is Sc1ccccc1CNCc1ccccc1. The Balaban J connectivity index is 1.87. The molecule has 2 aromatic carbocycles. The third-order valence-corrected chi connectivity index (χ3v) is 2.92. The Kier molecular flexibility index (Phi) is 4.03. The first-order valence-electron chi connectivity index (χ1n) is 5.38. The molecule has 0 saturated heterocycles. The lowest BCUT2D eigenvalue weighted by Crippen LogP contribution is -2.12. The zero-order valence-electron chi connectivity index (χ0n) is 9.06. The summed E-state index contributed by atoms with van der Waals surface area (Å²) in [6.07, 6.45) is 0. The lowest BCUT2D eigenvalue weighted by atomic mass is 10.2. The summed E-state index contributed by atoms with van der Waals surface area (Å²) in [6, 6.07) is 18.6. The first-order chi connectivity index (χ1) is 7.86. The maximum absolute atomic E-state index is 4.42. The van der Waals surface area contributed by atoms with Crippen LogP contribution in [0.2, 0.25) is 0 Å². The molecule has 2 heteroatoms. The number of hydrogen-bond donors (Lipinski definition) is 2. The predicted molar refractivity (Wildman–Crippen MR) is 70.7 cm³/mol. The normalized spacial score (nSPS) is 10.3. The molecular weight excluding hydrogens is 214 g/mol. The summed E-state index contributed by atoms with van der Waals surface area (Å²) in [5.41, 5.74) is 2.54. The molecule has 0 atom stereocenters. The summed E-state index contributed by atoms with van der Waals surface area (Å²) in [5.74, 6) is 0. The zero-order chi connectivity index (χ0) is 11.2. The van der Waals surface area contributed by atoms with Crippen LogP contribution in [0.15, 0.2) is 59.5 Å². The minimum absolute atomic E-state index is 0.856. The number of rotatable bonds is 4. The molecule has 1 N–H and O–H groups in total. The molecule has 0 aliphatic rings. The second-order valence-corrected chi connectivity index (χ2v) is 4.20. The van der Waals surface area contributed by atoms with Crippen LogP contribution in [0.3, 0.4) is 0 Å². The van der Waals surface area contributed by atoms with Gasteiger partial charge < -0.3 is 5.32 Å². The molecule has 1 nitrogen and oxygen atoms in total. The lowest BCUT2D eigenvalue weighted by Gasteiger charge is -2.07. The Labute approximate surface area is 102 Å². The number of nitrogens with one attached hydrogen (secondary N) is 1. The van der Waals surface area contributed by atoms with Gasteiger partial charge in [0, 0.05) is 18.0 Å². The van der Waals surface area contributed by atoms with E-state index in [-0.39, 0.29) is 0 Å². The Morgan fingerprint density at radius 3 is 2.25 bits per heavy atom. The molecule has 0 aromatic heterocycles. The van der Waals surface area contributed by atoms with Crippen molar-refractivity contribution in [1.29, 1.82) is 0 Å². The van der Waals surface area contributed by atoms with Crippen LogP contribution in [0.1, 0.15) is 11.1 Å². The van der Waals surface area contributed by atoms with Crippen LogP contribution in [-0.2, 0) is 13.1 Å². The quantitative estimate of drug-likeness (QED) is 0.767. The van der Waals surface area contributed by atoms with Gasteiger partial charge in [0.1, 0.15) is 0 Å². The predicted octanol–water partition coefficient (Wildman–Crippen LogP) is 3.27. The fourth-order valence-electron chi connectivity index (χ4n) is 1.60. The molecule has 0 amide bonds. The minimum Gasteiger partial charge on any atom is -0.309 e. The summed E-state index contributed by atoms with van der Waals surface area (Å²) in [5, 5.41) is 3.41. The van der Waals surface area contributed by atoms with Crippen LogP contribution in [0.25, 0.3) is 0 Å². The second-order valence-electron chi connectivity index (χ2n) is 3.72. The average Bonchev–Trinajstić information content (AvgIpc) is 2.33. The van der Waals surface area contributed by atoms with Crippen LogP contribution in [0, 0.1) is 0 Å². The monoisotopic (exact) mass is 229 g/mol. The van der Waals surface area contributed by atoms with E-state index in [2.05, 4.69) is 48.3 Å². The smallest absolute Gasteiger partial charge is 0.0219 e. The third-order valence-electron chi connectivity index (χ3n) is 2.48. The van der Waals surface area contributed by atoms with Crippen molar-refractivity contribution in [3.63, 3.8) is 0 Å². The summed E-state index contributed by atoms with van der Waals surface area (Å²) >= 11 is 4.42. The topological polar surface area (TPSA) is 12.0 Å². The molecule has 0 spiro atoms. The van der Waals surface area contributed by atoms with E-state index in [4.69, 9.17) is 0 Å². The van der Waals surface area contributed by atoms with Gasteiger partial charge in [-0.2, -0.15) is 0 Å². The van der Waals surface area contributed by atoms with E-state index in [1.54, 1.807) is 0 Å². The van der Waals surface area contributed by atoms with Gasteiger partial charge in [-0.3, -0.25) is 0 Å². The highest BCUT2D eigenvalue weighted by Crippen LogP contribution is 2.12. The van der Waals surface area contributed by atoms with Crippen LogP contribution in [0.4, 0.5) is 0 Å². The molecule has 0 fully saturated rings. The molecule has 0 unspecified atom stereocenters. The summed E-state index contributed by atoms with van der Waals surface area (Å²) in [7, 11) is 0. The Bertz CT molecular complexity index is 439. The highest BCUT2D eigenvalue weighted by Gasteiger charge is 1.96. The highest BCUT2D eigenvalue weighted by atomic mass is 32.1. The molecule has 82 valence electrons. The van der Waals surface area contributed by atoms with Crippen molar-refractivity contribution in [1.82, 2.24) is 5.32 Å². The van der Waals surface area contributed by atoms with Crippen molar-refractivity contribution >= 4 is 12.6 Å². The van der Waals surface area contributed by atoms with Gasteiger partial charge in [-0.15, -0.1) is 12.6 Å². The molecule has 2 rings (SSSR count). The van der Waals surface area contributed by atoms with Crippen LogP contribution < -0.4 is 5.32 Å². The van der Waals surface area contributed by atoms with Crippen molar-refractivity contribution in [2.75, 3.05) is 0 Å². The Morgan fingerprint density at radius 1 is 0.812 bits per heavy atom. The lowest BCUT2D eigenvalue weighted by molar-refractivity contribution is 0.686. The standard InChI is InChI=1S/C14H15NS/c16-14-9-5-4-8-13(14)11-15-10-12-6-2-1-3-7-12/h1-9,15-16H,10-11H2. The van der Waals surface area contributed by atoms with Gasteiger partial charge in [-0.05, 0) is 17.2 Å². The first kappa shape index (κ1) is 11.2. The van der Waals surface area contributed by atoms with Gasteiger partial charge in [0.15, 0.2) is 0 Å². The highest BCUT2D eigenvalue weighted by molar-refractivity contribution is 7.80. The van der Waals surface area contributed by atoms with E-state index < -0.39 is 0 Å². The second kappa shape index (κ2) is 5.73. The molecule has 0 radical (unpaired) electrons. The maximum atomic E-state index is 4.42. The van der Waals surface area contributed by atoms with E-state index in [0.717, 1.165) is 18.0 Å². The fraction of sp³-hybridized carbons (Fsp3) is 0.143. The van der Waals surface area contributed by atoms with Crippen LogP contribution >= 0.6 is 12.6 Å². The van der Waals surface area contributed by atoms with E-state index in [9.17, 15) is 0 Å². The van der Waals surface area contributed by atoms with E-state index in [1.165, 1.54) is 11.1 Å². The van der Waals surface area contributed by atoms with Crippen molar-refractivity contribution < 1.29 is 0 Å². The van der Waals surface area contributed by atoms with Gasteiger partial charge in [-0.25, -0.2) is 0 Å². The van der Waals surface area contributed by atoms with E-state index in [0.29, 0.717) is 0 Å². The van der Waals surface area contributed by atoms with Crippen LogP contribution in [0.5, 0.6) is 0 Å². The Hall–Kier alpha value is -1.25. The molecule has 2 aromatic rings. The van der Waals surface area contributed by atoms with Gasteiger partial charge in [-0.1, -0.05) is 48.5 Å². The molecule has 0 aliphatic carbocycles. The molecule has 16 heavy (non-hydrogen) atoms. The number of benzene rings is 2. The van der Waals surface area contributed by atoms with Gasteiger partial charge in [0.25, 0.3) is 0 Å². The fourth-order valence-corrected chi connectivity index (χ4v) is 1.84. The van der Waals surface area contributed by atoms with Crippen molar-refractivity contribution in [2.45, 2.75) is 18.0 Å². The zero-order valence-corrected chi connectivity index (χ0v) is 9.95. The summed E-state index contributed by atoms with van der Waals surface area (Å²) in [4.78, 5) is 1.04. The number of hydrogen-bond acceptors (Lipinski definition) is 2. The van der Waals surface area contributed by atoms with Crippen molar-refractivity contribution in [3.8, 4) is 0 Å². The minimum atomic E-state index is 0.856. The van der Waals surface area contributed by atoms with Crippen molar-refractivity contribution in [2.24, 2.45) is 0 Å². The summed E-state index contributed by atoms with van der Waals surface area (Å²) < 4.78 is 0. The maximum Gasteiger partial charge on any atom is 0.0219 e. The Morgan fingerprint density at radius 2 is 1.50 bits per heavy atom. The van der Waals surface area contributed by atoms with Gasteiger partial charge >= 0.3 is 0 Å². The third kappa shape index (κ3) is 3.12. The van der Waals surface area contributed by atoms with Gasteiger partial charge in [0.05, 0.1) is 0 Å². The van der Waals surface area contributed by atoms with E-state index in [1.807, 2.05) is 24.3 Å². The van der Waals surface area contributed by atoms with Gasteiger partial charge in [0.2, 0.25) is 0 Å². The molecule has 0 aliphatic heterocycles. The largest absolute Gasteiger partial charge is 0.309 e. The average molecular weight is 229 g/mol. The molecule has 0 bridgehead atoms. The molecule has 0 heterocycles.